The maximum absolute atomic E-state index is 14.2. The van der Waals surface area contributed by atoms with Crippen molar-refractivity contribution in [1.82, 2.24) is 9.78 Å². The van der Waals surface area contributed by atoms with E-state index in [1.54, 1.807) is 13.1 Å². The quantitative estimate of drug-likeness (QED) is 0.722. The van der Waals surface area contributed by atoms with E-state index in [4.69, 9.17) is 5.26 Å². The second-order valence-corrected chi connectivity index (χ2v) is 7.73. The third-order valence-corrected chi connectivity index (χ3v) is 5.74. The van der Waals surface area contributed by atoms with Gasteiger partial charge in [0.25, 0.3) is 0 Å². The summed E-state index contributed by atoms with van der Waals surface area (Å²) < 4.78 is 16.0. The van der Waals surface area contributed by atoms with Gasteiger partial charge < -0.3 is 10.2 Å². The van der Waals surface area contributed by atoms with Crippen LogP contribution in [0.4, 0.5) is 15.9 Å². The molecule has 1 aromatic heterocycles. The number of aromatic nitrogens is 2. The van der Waals surface area contributed by atoms with Gasteiger partial charge in [0.15, 0.2) is 0 Å². The molecule has 4 rings (SSSR count). The summed E-state index contributed by atoms with van der Waals surface area (Å²) in [7, 11) is 1.80. The van der Waals surface area contributed by atoms with Crippen molar-refractivity contribution < 1.29 is 4.39 Å². The molecule has 1 N–H and O–H groups in total. The summed E-state index contributed by atoms with van der Waals surface area (Å²) in [6.07, 6.45) is 0. The van der Waals surface area contributed by atoms with Crippen molar-refractivity contribution >= 4 is 23.3 Å². The first kappa shape index (κ1) is 18.4. The Morgan fingerprint density at radius 1 is 1.11 bits per heavy atom. The van der Waals surface area contributed by atoms with Crippen LogP contribution in [0.2, 0.25) is 0 Å². The van der Waals surface area contributed by atoms with Crippen molar-refractivity contribution in [2.24, 2.45) is 0 Å². The molecule has 7 heteroatoms. The number of anilines is 2. The van der Waals surface area contributed by atoms with Gasteiger partial charge in [-0.05, 0) is 30.3 Å². The Kier molecular flexibility index (Phi) is 5.22. The normalized spacial score (nSPS) is 14.0. The zero-order valence-corrected chi connectivity index (χ0v) is 16.3. The Hall–Kier alpha value is -2.98. The molecule has 0 atom stereocenters. The first-order valence-corrected chi connectivity index (χ1v) is 10.3. The Balaban J connectivity index is 1.77. The number of rotatable bonds is 4. The van der Waals surface area contributed by atoms with Gasteiger partial charge in [0.1, 0.15) is 17.7 Å². The second kappa shape index (κ2) is 7.95. The predicted molar refractivity (Wildman–Crippen MR) is 113 cm³/mol. The smallest absolute Gasteiger partial charge is 0.148 e. The van der Waals surface area contributed by atoms with Crippen LogP contribution in [0, 0.1) is 17.1 Å². The SMILES string of the molecule is CNc1cc(-c2ccc(C#N)c(F)c2)n(-c2cccc(N3CCSCC3)c2)n1. The van der Waals surface area contributed by atoms with Crippen LogP contribution < -0.4 is 10.2 Å². The Labute approximate surface area is 167 Å². The lowest BCUT2D eigenvalue weighted by molar-refractivity contribution is 0.624. The predicted octanol–water partition coefficient (Wildman–Crippen LogP) is 4.14. The van der Waals surface area contributed by atoms with Gasteiger partial charge in [-0.25, -0.2) is 9.07 Å². The summed E-state index contributed by atoms with van der Waals surface area (Å²) in [5.74, 6) is 2.43. The highest BCUT2D eigenvalue weighted by atomic mass is 32.2. The Morgan fingerprint density at radius 2 is 1.89 bits per heavy atom. The monoisotopic (exact) mass is 393 g/mol. The number of nitrogens with one attached hydrogen (secondary N) is 1. The molecule has 0 amide bonds. The molecule has 142 valence electrons. The fraction of sp³-hybridized carbons (Fsp3) is 0.238. The molecular weight excluding hydrogens is 373 g/mol. The number of benzene rings is 2. The highest BCUT2D eigenvalue weighted by molar-refractivity contribution is 7.99. The minimum atomic E-state index is -0.529. The van der Waals surface area contributed by atoms with Crippen molar-refractivity contribution in [2.75, 3.05) is 41.9 Å². The molecule has 0 spiro atoms. The molecule has 1 aliphatic rings. The average Bonchev–Trinajstić information content (AvgIpc) is 3.19. The molecular formula is C21H20FN5S. The van der Waals surface area contributed by atoms with E-state index in [2.05, 4.69) is 27.4 Å². The summed E-state index contributed by atoms with van der Waals surface area (Å²) in [5.41, 5.74) is 3.55. The summed E-state index contributed by atoms with van der Waals surface area (Å²) in [4.78, 5) is 2.38. The van der Waals surface area contributed by atoms with Crippen molar-refractivity contribution in [2.45, 2.75) is 0 Å². The number of hydrogen-bond donors (Lipinski definition) is 1. The second-order valence-electron chi connectivity index (χ2n) is 6.50. The van der Waals surface area contributed by atoms with Gasteiger partial charge in [-0.15, -0.1) is 5.10 Å². The zero-order valence-electron chi connectivity index (χ0n) is 15.5. The molecule has 1 saturated heterocycles. The van der Waals surface area contributed by atoms with Gasteiger partial charge in [-0.3, -0.25) is 0 Å². The van der Waals surface area contributed by atoms with E-state index in [0.29, 0.717) is 11.4 Å². The number of hydrogen-bond acceptors (Lipinski definition) is 5. The minimum Gasteiger partial charge on any atom is -0.372 e. The van der Waals surface area contributed by atoms with Gasteiger partial charge >= 0.3 is 0 Å². The van der Waals surface area contributed by atoms with Crippen molar-refractivity contribution in [1.29, 1.82) is 5.26 Å². The topological polar surface area (TPSA) is 56.9 Å². The molecule has 0 bridgehead atoms. The van der Waals surface area contributed by atoms with E-state index >= 15 is 0 Å². The highest BCUT2D eigenvalue weighted by Gasteiger charge is 2.16. The van der Waals surface area contributed by atoms with Gasteiger partial charge in [-0.2, -0.15) is 17.0 Å². The van der Waals surface area contributed by atoms with E-state index in [9.17, 15) is 4.39 Å². The molecule has 1 fully saturated rings. The number of nitriles is 1. The van der Waals surface area contributed by atoms with E-state index in [1.807, 2.05) is 40.7 Å². The first-order chi connectivity index (χ1) is 13.7. The fourth-order valence-corrected chi connectivity index (χ4v) is 4.22. The van der Waals surface area contributed by atoms with Crippen LogP contribution in [0.5, 0.6) is 0 Å². The van der Waals surface area contributed by atoms with E-state index in [1.165, 1.54) is 12.1 Å². The molecule has 0 radical (unpaired) electrons. The number of nitrogens with zero attached hydrogens (tertiary/aromatic N) is 4. The zero-order chi connectivity index (χ0) is 19.5. The molecule has 28 heavy (non-hydrogen) atoms. The summed E-state index contributed by atoms with van der Waals surface area (Å²) in [6, 6.07) is 16.6. The number of thioether (sulfide) groups is 1. The largest absolute Gasteiger partial charge is 0.372 e. The van der Waals surface area contributed by atoms with Crippen LogP contribution >= 0.6 is 11.8 Å². The van der Waals surface area contributed by atoms with Crippen LogP contribution in [0.15, 0.2) is 48.5 Å². The van der Waals surface area contributed by atoms with Crippen LogP contribution in [0.3, 0.4) is 0 Å². The lowest BCUT2D eigenvalue weighted by Gasteiger charge is -2.28. The Morgan fingerprint density at radius 3 is 2.61 bits per heavy atom. The lowest BCUT2D eigenvalue weighted by atomic mass is 10.1. The van der Waals surface area contributed by atoms with E-state index < -0.39 is 5.82 Å². The van der Waals surface area contributed by atoms with Crippen LogP contribution in [-0.2, 0) is 0 Å². The summed E-state index contributed by atoms with van der Waals surface area (Å²) >= 11 is 1.98. The van der Waals surface area contributed by atoms with Gasteiger partial charge in [-0.1, -0.05) is 12.1 Å². The standard InChI is InChI=1S/C21H20FN5S/c1-24-21-13-20(15-5-6-16(14-23)19(22)11-15)27(25-21)18-4-2-3-17(12-18)26-7-9-28-10-8-26/h2-6,11-13H,7-10H2,1H3,(H,24,25). The third kappa shape index (κ3) is 3.56. The number of halogens is 1. The summed E-state index contributed by atoms with van der Waals surface area (Å²) in [5, 5.41) is 16.7. The van der Waals surface area contributed by atoms with Crippen molar-refractivity contribution in [3.8, 4) is 23.0 Å². The van der Waals surface area contributed by atoms with Gasteiger partial charge in [0, 0.05) is 49.0 Å². The molecule has 0 unspecified atom stereocenters. The third-order valence-electron chi connectivity index (χ3n) is 4.80. The molecule has 2 heterocycles. The molecule has 3 aromatic rings. The minimum absolute atomic E-state index is 0.0358. The van der Waals surface area contributed by atoms with E-state index in [0.717, 1.165) is 41.7 Å². The van der Waals surface area contributed by atoms with E-state index in [-0.39, 0.29) is 5.56 Å². The highest BCUT2D eigenvalue weighted by Crippen LogP contribution is 2.29. The lowest BCUT2D eigenvalue weighted by Crippen LogP contribution is -2.32. The average molecular weight is 393 g/mol. The van der Waals surface area contributed by atoms with Crippen LogP contribution in [0.25, 0.3) is 16.9 Å². The van der Waals surface area contributed by atoms with Gasteiger partial charge in [0.2, 0.25) is 0 Å². The molecule has 0 aliphatic carbocycles. The molecule has 1 aliphatic heterocycles. The van der Waals surface area contributed by atoms with Crippen LogP contribution in [0.1, 0.15) is 5.56 Å². The Bertz CT molecular complexity index is 1030. The van der Waals surface area contributed by atoms with Crippen molar-refractivity contribution in [3.05, 3.63) is 59.9 Å². The first-order valence-electron chi connectivity index (χ1n) is 9.10. The van der Waals surface area contributed by atoms with Crippen molar-refractivity contribution in [3.63, 3.8) is 0 Å². The summed E-state index contributed by atoms with van der Waals surface area (Å²) in [6.45, 7) is 2.06. The maximum atomic E-state index is 14.2. The molecule has 5 nitrogen and oxygen atoms in total. The van der Waals surface area contributed by atoms with Gasteiger partial charge in [0.05, 0.1) is 16.9 Å². The van der Waals surface area contributed by atoms with Crippen LogP contribution in [-0.4, -0.2) is 41.4 Å². The molecule has 0 saturated carbocycles. The molecule has 2 aromatic carbocycles. The fourth-order valence-electron chi connectivity index (χ4n) is 3.31. The maximum Gasteiger partial charge on any atom is 0.148 e.